The maximum Gasteiger partial charge on any atom is 0.407 e. The van der Waals surface area contributed by atoms with E-state index < -0.39 is 12.1 Å². The molecule has 0 unspecified atom stereocenters. The first kappa shape index (κ1) is 32.9. The molecule has 1 saturated heterocycles. The summed E-state index contributed by atoms with van der Waals surface area (Å²) in [6.07, 6.45) is 12.1. The maximum atomic E-state index is 13.7. The number of methoxy groups -OCH3 is 1. The predicted molar refractivity (Wildman–Crippen MR) is 201 cm³/mol. The second-order valence-corrected chi connectivity index (χ2v) is 16.3. The Morgan fingerprint density at radius 3 is 2.62 bits per heavy atom. The molecule has 9 rings (SSSR count). The molecular formula is C40H43N7O4S. The zero-order valence-electron chi connectivity index (χ0n) is 30.0. The standard InChI is InChI=1S/C40H43N7O4S/c1-21(2)33(46-39(49)50-4)38(48)47-15-7-8-32(47)37-41-20-31(45-37)25-11-10-24(28-19-42-51-34(25)28)36-27-18-40(13-5-6-14-40)17-26(27)35(52-36)23-9-12-29-30(16-23)44-22(3)43-29/h9-12,16,19-21,32-33H,5-8,13-15,17-18H2,1-4H3,(H,41,45)(H,43,44)(H,46,49)/t32-,33-/m0/s1. The van der Waals surface area contributed by atoms with Crippen molar-refractivity contribution in [2.45, 2.75) is 84.2 Å². The Bertz CT molecular complexity index is 2340. The number of ether oxygens (including phenoxy) is 1. The molecule has 4 aromatic heterocycles. The van der Waals surface area contributed by atoms with Crippen molar-refractivity contribution in [2.24, 2.45) is 11.3 Å². The van der Waals surface area contributed by atoms with Gasteiger partial charge >= 0.3 is 6.09 Å². The Balaban J connectivity index is 1.07. The number of nitrogens with one attached hydrogen (secondary N) is 3. The van der Waals surface area contributed by atoms with E-state index >= 15 is 0 Å². The smallest absolute Gasteiger partial charge is 0.407 e. The van der Waals surface area contributed by atoms with Crippen molar-refractivity contribution in [3.05, 3.63) is 65.5 Å². The van der Waals surface area contributed by atoms with Crippen LogP contribution < -0.4 is 5.32 Å². The van der Waals surface area contributed by atoms with Crippen LogP contribution in [0, 0.1) is 18.3 Å². The number of rotatable bonds is 7. The molecule has 268 valence electrons. The van der Waals surface area contributed by atoms with Crippen molar-refractivity contribution < 1.29 is 18.8 Å². The molecule has 3 N–H and O–H groups in total. The van der Waals surface area contributed by atoms with Crippen molar-refractivity contribution in [3.63, 3.8) is 0 Å². The summed E-state index contributed by atoms with van der Waals surface area (Å²) in [5.41, 5.74) is 10.2. The lowest BCUT2D eigenvalue weighted by Crippen LogP contribution is -2.51. The van der Waals surface area contributed by atoms with Crippen LogP contribution in [0.4, 0.5) is 4.79 Å². The molecule has 1 aliphatic heterocycles. The van der Waals surface area contributed by atoms with E-state index in [-0.39, 0.29) is 17.9 Å². The highest BCUT2D eigenvalue weighted by Crippen LogP contribution is 2.57. The van der Waals surface area contributed by atoms with E-state index in [2.05, 4.69) is 55.8 Å². The summed E-state index contributed by atoms with van der Waals surface area (Å²) in [5.74, 6) is 1.40. The largest absolute Gasteiger partial charge is 0.453 e. The number of H-pyrrole nitrogens is 2. The van der Waals surface area contributed by atoms with Gasteiger partial charge in [0.1, 0.15) is 17.7 Å². The number of alkyl carbamates (subject to hydrolysis) is 1. The van der Waals surface area contributed by atoms with Crippen LogP contribution in [0.5, 0.6) is 0 Å². The first-order valence-electron chi connectivity index (χ1n) is 18.4. The molecule has 1 saturated carbocycles. The third-order valence-electron chi connectivity index (χ3n) is 11.6. The number of thiophene rings is 1. The number of benzene rings is 2. The Morgan fingerprint density at radius 1 is 1.04 bits per heavy atom. The topological polar surface area (TPSA) is 142 Å². The average Bonchev–Trinajstić information content (AvgIpc) is 3.99. The average molecular weight is 718 g/mol. The van der Waals surface area contributed by atoms with Crippen LogP contribution in [0.2, 0.25) is 0 Å². The number of aromatic amines is 2. The third kappa shape index (κ3) is 5.41. The zero-order valence-corrected chi connectivity index (χ0v) is 30.8. The van der Waals surface area contributed by atoms with Crippen LogP contribution >= 0.6 is 11.3 Å². The predicted octanol–water partition coefficient (Wildman–Crippen LogP) is 8.50. The number of fused-ring (bicyclic) bond motifs is 3. The maximum absolute atomic E-state index is 13.7. The normalized spacial score (nSPS) is 18.6. The molecule has 0 bridgehead atoms. The molecule has 2 amide bonds. The van der Waals surface area contributed by atoms with Gasteiger partial charge in [0.2, 0.25) is 5.91 Å². The lowest BCUT2D eigenvalue weighted by atomic mass is 9.83. The molecule has 5 heterocycles. The number of carbonyl (C=O) groups is 2. The van der Waals surface area contributed by atoms with Crippen molar-refractivity contribution in [1.82, 2.24) is 35.3 Å². The van der Waals surface area contributed by atoms with Crippen LogP contribution in [0.25, 0.3) is 54.1 Å². The lowest BCUT2D eigenvalue weighted by Gasteiger charge is -2.30. The summed E-state index contributed by atoms with van der Waals surface area (Å²) in [6, 6.07) is 10.0. The Labute approximate surface area is 305 Å². The number of amides is 2. The van der Waals surface area contributed by atoms with Crippen molar-refractivity contribution in [2.75, 3.05) is 13.7 Å². The number of likely N-dealkylation sites (tertiary alicyclic amines) is 1. The zero-order chi connectivity index (χ0) is 35.7. The van der Waals surface area contributed by atoms with Crippen molar-refractivity contribution >= 4 is 45.3 Å². The van der Waals surface area contributed by atoms with Gasteiger partial charge in [0.25, 0.3) is 0 Å². The lowest BCUT2D eigenvalue weighted by molar-refractivity contribution is -0.135. The molecule has 6 aromatic rings. The summed E-state index contributed by atoms with van der Waals surface area (Å²) < 4.78 is 10.8. The summed E-state index contributed by atoms with van der Waals surface area (Å²) in [5, 5.41) is 8.01. The van der Waals surface area contributed by atoms with Gasteiger partial charge < -0.3 is 29.4 Å². The van der Waals surface area contributed by atoms with Gasteiger partial charge in [-0.05, 0) is 91.7 Å². The summed E-state index contributed by atoms with van der Waals surface area (Å²) >= 11 is 1.88. The number of carbonyl (C=O) groups excluding carboxylic acids is 2. The van der Waals surface area contributed by atoms with E-state index in [0.29, 0.717) is 23.4 Å². The van der Waals surface area contributed by atoms with Crippen molar-refractivity contribution in [1.29, 1.82) is 0 Å². The Hall–Kier alpha value is -4.97. The van der Waals surface area contributed by atoms with Gasteiger partial charge in [0.15, 0.2) is 5.58 Å². The fraction of sp³-hybridized carbons (Fsp3) is 0.425. The molecule has 12 heteroatoms. The third-order valence-corrected chi connectivity index (χ3v) is 13.0. The SMILES string of the molecule is COC(=O)N[C@H](C(=O)N1CCC[C@H]1c1ncc(-c2ccc(-c3sc(-c4ccc5nc(C)[nH]c5c4)c4c3CC3(CCCC3)C4)c3cnoc23)[nH]1)C(C)C. The van der Waals surface area contributed by atoms with Gasteiger partial charge in [-0.2, -0.15) is 0 Å². The molecule has 2 atom stereocenters. The highest BCUT2D eigenvalue weighted by Gasteiger charge is 2.43. The van der Waals surface area contributed by atoms with E-state index in [1.165, 1.54) is 59.2 Å². The molecule has 2 aliphatic carbocycles. The minimum absolute atomic E-state index is 0.105. The van der Waals surface area contributed by atoms with Gasteiger partial charge in [-0.25, -0.2) is 14.8 Å². The Kier molecular flexibility index (Phi) is 7.98. The van der Waals surface area contributed by atoms with E-state index in [0.717, 1.165) is 64.7 Å². The fourth-order valence-electron chi connectivity index (χ4n) is 9.10. The first-order chi connectivity index (χ1) is 25.2. The molecule has 0 radical (unpaired) electrons. The number of hydrogen-bond acceptors (Lipinski definition) is 8. The van der Waals surface area contributed by atoms with Crippen molar-refractivity contribution in [3.8, 4) is 32.1 Å². The van der Waals surface area contributed by atoms with Gasteiger partial charge in [-0.1, -0.05) is 44.0 Å². The number of imidazole rings is 2. The van der Waals surface area contributed by atoms with Crippen LogP contribution in [-0.2, 0) is 22.4 Å². The van der Waals surface area contributed by atoms with E-state index in [1.54, 1.807) is 0 Å². The van der Waals surface area contributed by atoms with E-state index in [1.807, 2.05) is 49.4 Å². The molecule has 52 heavy (non-hydrogen) atoms. The molecular weight excluding hydrogens is 675 g/mol. The Morgan fingerprint density at radius 2 is 1.83 bits per heavy atom. The number of aromatic nitrogens is 5. The molecule has 2 aromatic carbocycles. The molecule has 2 fully saturated rings. The molecule has 1 spiro atoms. The quantitative estimate of drug-likeness (QED) is 0.150. The summed E-state index contributed by atoms with van der Waals surface area (Å²) in [4.78, 5) is 46.6. The van der Waals surface area contributed by atoms with Crippen LogP contribution in [0.15, 0.2) is 47.2 Å². The highest BCUT2D eigenvalue weighted by atomic mass is 32.1. The molecule has 3 aliphatic rings. The second kappa shape index (κ2) is 12.6. The van der Waals surface area contributed by atoms with Gasteiger partial charge in [-0.3, -0.25) is 4.79 Å². The number of aryl methyl sites for hydroxylation is 1. The minimum Gasteiger partial charge on any atom is -0.453 e. The van der Waals surface area contributed by atoms with E-state index in [9.17, 15) is 9.59 Å². The van der Waals surface area contributed by atoms with Gasteiger partial charge in [0, 0.05) is 27.4 Å². The second-order valence-electron chi connectivity index (χ2n) is 15.3. The van der Waals surface area contributed by atoms with Gasteiger partial charge in [-0.15, -0.1) is 11.3 Å². The van der Waals surface area contributed by atoms with Crippen LogP contribution in [-0.4, -0.2) is 61.7 Å². The summed E-state index contributed by atoms with van der Waals surface area (Å²) in [7, 11) is 1.30. The monoisotopic (exact) mass is 717 g/mol. The van der Waals surface area contributed by atoms with Gasteiger partial charge in [0.05, 0.1) is 47.7 Å². The number of hydrogen-bond donors (Lipinski definition) is 3. The van der Waals surface area contributed by atoms with Crippen LogP contribution in [0.3, 0.4) is 0 Å². The summed E-state index contributed by atoms with van der Waals surface area (Å²) in [6.45, 7) is 6.43. The minimum atomic E-state index is -0.691. The highest BCUT2D eigenvalue weighted by molar-refractivity contribution is 7.19. The first-order valence-corrected chi connectivity index (χ1v) is 19.2. The fourth-order valence-corrected chi connectivity index (χ4v) is 10.5. The van der Waals surface area contributed by atoms with E-state index in [4.69, 9.17) is 14.2 Å². The molecule has 11 nitrogen and oxygen atoms in total. The number of nitrogens with zero attached hydrogens (tertiary/aromatic N) is 4. The van der Waals surface area contributed by atoms with Crippen LogP contribution in [0.1, 0.15) is 81.2 Å².